The number of nitrogens with two attached hydrogens (primary N) is 1. The molecule has 0 amide bonds. The van der Waals surface area contributed by atoms with Crippen molar-refractivity contribution in [1.82, 2.24) is 10.2 Å². The fourth-order valence-corrected chi connectivity index (χ4v) is 12.4. The molecule has 1 saturated carbocycles. The lowest BCUT2D eigenvalue weighted by molar-refractivity contribution is -0.121. The molecule has 2 aromatic rings. The van der Waals surface area contributed by atoms with E-state index in [0.29, 0.717) is 49.5 Å². The number of allylic oxidation sites excluding steroid dienone is 1. The second kappa shape index (κ2) is 16.5. The Hall–Kier alpha value is -3.68. The van der Waals surface area contributed by atoms with Crippen molar-refractivity contribution in [2.75, 3.05) is 18.8 Å². The molecule has 57 heavy (non-hydrogen) atoms. The van der Waals surface area contributed by atoms with Crippen LogP contribution < -0.4 is 20.5 Å². The average Bonchev–Trinajstić information content (AvgIpc) is 3.95. The first kappa shape index (κ1) is 38.8. The molecule has 0 radical (unpaired) electrons. The summed E-state index contributed by atoms with van der Waals surface area (Å²) in [4.78, 5) is 20.5. The monoisotopic (exact) mass is 804 g/mol. The molecule has 9 nitrogen and oxygen atoms in total. The van der Waals surface area contributed by atoms with Gasteiger partial charge < -0.3 is 30.3 Å². The number of ketones is 1. The zero-order valence-corrected chi connectivity index (χ0v) is 34.3. The number of nitrogens with one attached hydrogen (secondary N) is 1. The van der Waals surface area contributed by atoms with Crippen molar-refractivity contribution in [3.63, 3.8) is 0 Å². The van der Waals surface area contributed by atoms with Gasteiger partial charge >= 0.3 is 0 Å². The van der Waals surface area contributed by atoms with Gasteiger partial charge in [-0.2, -0.15) is 0 Å². The molecule has 0 aromatic heterocycles. The first-order valence-corrected chi connectivity index (χ1v) is 23.3. The smallest absolute Gasteiger partial charge is 0.187 e. The van der Waals surface area contributed by atoms with E-state index in [2.05, 4.69) is 59.3 Å². The molecule has 1 aliphatic carbocycles. The number of Topliss-reactive ketones (excluding diaryl/α,β-unsaturated/α-hetero) is 1. The van der Waals surface area contributed by atoms with Gasteiger partial charge in [-0.05, 0) is 65.1 Å². The number of nitrogens with zero attached hydrogens (tertiary/aromatic N) is 2. The van der Waals surface area contributed by atoms with Crippen molar-refractivity contribution in [2.24, 2.45) is 22.1 Å². The molecule has 7 heterocycles. The minimum atomic E-state index is -1.02. The van der Waals surface area contributed by atoms with Crippen molar-refractivity contribution in [3.05, 3.63) is 81.2 Å². The van der Waals surface area contributed by atoms with Crippen molar-refractivity contribution < 1.29 is 24.5 Å². The molecule has 5 N–H and O–H groups in total. The van der Waals surface area contributed by atoms with Gasteiger partial charge in [-0.25, -0.2) is 0 Å². The van der Waals surface area contributed by atoms with E-state index in [1.54, 1.807) is 10.8 Å². The fraction of sp³-hybridized carbons (Fsp3) is 0.522. The maximum atomic E-state index is 13.3. The predicted octanol–water partition coefficient (Wildman–Crippen LogP) is 7.12. The number of benzene rings is 2. The average molecular weight is 805 g/mol. The van der Waals surface area contributed by atoms with Crippen molar-refractivity contribution in [3.8, 4) is 35.4 Å². The van der Waals surface area contributed by atoms with Crippen LogP contribution >= 0.6 is 21.6 Å². The molecule has 6 unspecified atom stereocenters. The number of hydrogen-bond donors (Lipinski definition) is 4. The molecular formula is C46H52N4O5S2. The normalized spacial score (nSPS) is 26.8. The number of hydrogen-bond acceptors (Lipinski definition) is 11. The number of carbonyl (C=O) groups is 1. The minimum absolute atomic E-state index is 0.0640. The van der Waals surface area contributed by atoms with Crippen LogP contribution in [0.1, 0.15) is 123 Å². The van der Waals surface area contributed by atoms with Gasteiger partial charge in [-0.1, -0.05) is 96.6 Å². The minimum Gasteiger partial charge on any atom is -0.465 e. The number of aryl methyl sites for hydroxylation is 1. The van der Waals surface area contributed by atoms with E-state index in [9.17, 15) is 15.0 Å². The second-order valence-electron chi connectivity index (χ2n) is 16.7. The lowest BCUT2D eigenvalue weighted by atomic mass is 9.73. The zero-order valence-electron chi connectivity index (χ0n) is 32.6. The summed E-state index contributed by atoms with van der Waals surface area (Å²) in [5, 5.41) is 26.3. The van der Waals surface area contributed by atoms with E-state index in [1.165, 1.54) is 5.56 Å². The Labute approximate surface area is 344 Å². The quantitative estimate of drug-likeness (QED) is 0.118. The van der Waals surface area contributed by atoms with Crippen LogP contribution in [0, 0.1) is 35.2 Å². The Kier molecular flexibility index (Phi) is 11.3. The van der Waals surface area contributed by atoms with Gasteiger partial charge in [0.25, 0.3) is 0 Å². The van der Waals surface area contributed by atoms with Crippen LogP contribution in [0.25, 0.3) is 0 Å². The van der Waals surface area contributed by atoms with Crippen LogP contribution in [0.2, 0.25) is 0 Å². The van der Waals surface area contributed by atoms with Crippen LogP contribution in [0.4, 0.5) is 0 Å². The van der Waals surface area contributed by atoms with Crippen molar-refractivity contribution in [1.29, 1.82) is 0 Å². The van der Waals surface area contributed by atoms with Gasteiger partial charge in [0, 0.05) is 66.8 Å². The van der Waals surface area contributed by atoms with Gasteiger partial charge in [0.2, 0.25) is 0 Å². The second-order valence-corrected chi connectivity index (χ2v) is 19.2. The van der Waals surface area contributed by atoms with E-state index in [-0.39, 0.29) is 24.3 Å². The summed E-state index contributed by atoms with van der Waals surface area (Å²) in [6.45, 7) is 3.42. The van der Waals surface area contributed by atoms with E-state index in [1.807, 2.05) is 29.1 Å². The third-order valence-electron chi connectivity index (χ3n) is 13.0. The summed E-state index contributed by atoms with van der Waals surface area (Å²) in [6.07, 6.45) is 13.9. The fourth-order valence-electron chi connectivity index (χ4n) is 9.90. The Morgan fingerprint density at radius 1 is 1.14 bits per heavy atom. The van der Waals surface area contributed by atoms with Crippen LogP contribution in [-0.4, -0.2) is 57.8 Å². The summed E-state index contributed by atoms with van der Waals surface area (Å²) in [7, 11) is 3.59. The molecule has 8 bridgehead atoms. The molecule has 11 heteroatoms. The van der Waals surface area contributed by atoms with Gasteiger partial charge in [-0.15, -0.1) is 0 Å². The summed E-state index contributed by atoms with van der Waals surface area (Å²) in [5.41, 5.74) is 15.7. The summed E-state index contributed by atoms with van der Waals surface area (Å²) >= 11 is 0. The maximum absolute atomic E-state index is 13.3. The van der Waals surface area contributed by atoms with Crippen molar-refractivity contribution in [2.45, 2.75) is 120 Å². The lowest BCUT2D eigenvalue weighted by Crippen LogP contribution is -2.47. The number of unbranched alkanes of at least 4 members (excludes halogenated alkanes) is 2. The van der Waals surface area contributed by atoms with Gasteiger partial charge in [0.05, 0.1) is 35.9 Å². The van der Waals surface area contributed by atoms with Gasteiger partial charge in [0.15, 0.2) is 17.7 Å². The largest absolute Gasteiger partial charge is 0.465 e. The SMILES string of the molecule is CCCCCC(O)CC(=O)CCc1ccc2c3c1CSSCC1CNC(N)c4ccc5c(c41)CC1=CN=C4CN(C=C14)C(O3)C(C#CC5O)C1(C#CO2)CCCC1. The Morgan fingerprint density at radius 2 is 2.00 bits per heavy atom. The highest BCUT2D eigenvalue weighted by Gasteiger charge is 2.49. The number of aliphatic imine (C=N–C) groups is 1. The van der Waals surface area contributed by atoms with E-state index >= 15 is 0 Å². The maximum Gasteiger partial charge on any atom is 0.187 e. The van der Waals surface area contributed by atoms with E-state index in [0.717, 1.165) is 102 Å². The number of aliphatic hydroxyl groups excluding tert-OH is 2. The molecule has 7 aliphatic heterocycles. The topological polar surface area (TPSA) is 130 Å². The number of fused-ring (bicyclic) bond motifs is 4. The highest BCUT2D eigenvalue weighted by Crippen LogP contribution is 2.51. The number of carbonyl (C=O) groups excluding carboxylic acids is 1. The highest BCUT2D eigenvalue weighted by atomic mass is 33.1. The third kappa shape index (κ3) is 7.57. The highest BCUT2D eigenvalue weighted by molar-refractivity contribution is 8.76. The summed E-state index contributed by atoms with van der Waals surface area (Å²) < 4.78 is 13.8. The molecule has 8 aliphatic rings. The molecule has 1 spiro atoms. The molecular weight excluding hydrogens is 753 g/mol. The molecule has 6 atom stereocenters. The lowest BCUT2D eigenvalue weighted by Gasteiger charge is -2.39. The molecule has 298 valence electrons. The zero-order chi connectivity index (χ0) is 39.1. The van der Waals surface area contributed by atoms with Crippen molar-refractivity contribution >= 4 is 33.1 Å². The van der Waals surface area contributed by atoms with Gasteiger partial charge in [-0.3, -0.25) is 15.1 Å². The molecule has 2 aromatic carbocycles. The Balaban J connectivity index is 1.19. The Bertz CT molecular complexity index is 2150. The molecule has 1 fully saturated rings. The van der Waals surface area contributed by atoms with Crippen LogP contribution in [0.15, 0.2) is 52.8 Å². The predicted molar refractivity (Wildman–Crippen MR) is 226 cm³/mol. The van der Waals surface area contributed by atoms with E-state index < -0.39 is 29.8 Å². The Morgan fingerprint density at radius 3 is 2.86 bits per heavy atom. The standard InChI is InChI=1S/C46H52N4O5S2/c1-2-3-4-7-31(51)21-32(52)10-8-28-9-15-41-43-37(28)27-57-56-26-30-23-49-44(47)34-12-11-33-35(42(30)34)20-29-22-48-39-25-50(24-36(29)39)45(55-43)38(13-14-40(33)53)46(18-19-54-41)16-5-6-17-46/h9,11-12,15,22,24,30-31,38,40,44-45,49,51,53H,2-8,10,16-17,20-21,23,25-27,47H2,1H3. The first-order valence-electron chi connectivity index (χ1n) is 20.8. The van der Waals surface area contributed by atoms with E-state index in [4.69, 9.17) is 20.2 Å². The van der Waals surface area contributed by atoms with Crippen LogP contribution in [0.3, 0.4) is 0 Å². The summed E-state index contributed by atoms with van der Waals surface area (Å²) in [6, 6.07) is 8.10. The molecule has 0 saturated heterocycles. The van der Waals surface area contributed by atoms with Gasteiger partial charge in [0.1, 0.15) is 18.0 Å². The number of rotatable bonds is 9. The summed E-state index contributed by atoms with van der Waals surface area (Å²) in [5.74, 6) is 13.1. The number of ether oxygens (including phenoxy) is 2. The number of aliphatic hydroxyl groups is 2. The first-order chi connectivity index (χ1) is 27.8. The third-order valence-corrected chi connectivity index (χ3v) is 15.4. The molecule has 10 rings (SSSR count). The van der Waals surface area contributed by atoms with Crippen LogP contribution in [-0.2, 0) is 23.4 Å². The van der Waals surface area contributed by atoms with Crippen LogP contribution in [0.5, 0.6) is 11.5 Å².